The monoisotopic (exact) mass is 269 g/mol. The van der Waals surface area contributed by atoms with Crippen molar-refractivity contribution in [3.63, 3.8) is 0 Å². The third-order valence-corrected chi connectivity index (χ3v) is 2.87. The van der Waals surface area contributed by atoms with Gasteiger partial charge < -0.3 is 10.1 Å². The van der Waals surface area contributed by atoms with Crippen molar-refractivity contribution in [2.24, 2.45) is 0 Å². The highest BCUT2D eigenvalue weighted by molar-refractivity contribution is 7.07. The van der Waals surface area contributed by atoms with Gasteiger partial charge in [0, 0.05) is 17.3 Å². The molecule has 0 fully saturated rings. The first-order chi connectivity index (χ1) is 8.47. The number of carboxylic acid groups (broad SMARTS) is 1. The van der Waals surface area contributed by atoms with Gasteiger partial charge in [0.05, 0.1) is 6.54 Å². The van der Waals surface area contributed by atoms with Crippen molar-refractivity contribution in [3.05, 3.63) is 53.3 Å². The maximum atomic E-state index is 11.5. The molecule has 0 unspecified atom stereocenters. The number of carbonyl (C=O) groups is 1. The Labute approximate surface area is 102 Å². The minimum atomic E-state index is -1.43. The fourth-order valence-corrected chi connectivity index (χ4v) is 1.93. The molecule has 2 aromatic heterocycles. The van der Waals surface area contributed by atoms with Gasteiger partial charge >= 0.3 is 16.5 Å². The Morgan fingerprint density at radius 2 is 2.06 bits per heavy atom. The number of aromatic nitrogens is 3. The number of thiazole rings is 1. The SMILES string of the molecule is O=C(O)c1cn(Cc2csc(=O)[nH]2)c(=O)[nH]c1=O. The maximum absolute atomic E-state index is 11.5. The first-order valence-corrected chi connectivity index (χ1v) is 5.59. The van der Waals surface area contributed by atoms with Gasteiger partial charge in [0.15, 0.2) is 0 Å². The molecule has 0 saturated heterocycles. The van der Waals surface area contributed by atoms with E-state index in [-0.39, 0.29) is 11.4 Å². The molecule has 0 aliphatic carbocycles. The highest BCUT2D eigenvalue weighted by atomic mass is 32.1. The van der Waals surface area contributed by atoms with Crippen LogP contribution in [0.15, 0.2) is 26.0 Å². The number of hydrogen-bond donors (Lipinski definition) is 3. The van der Waals surface area contributed by atoms with Crippen molar-refractivity contribution in [2.45, 2.75) is 6.54 Å². The maximum Gasteiger partial charge on any atom is 0.342 e. The van der Waals surface area contributed by atoms with E-state index in [9.17, 15) is 19.2 Å². The highest BCUT2D eigenvalue weighted by Gasteiger charge is 2.11. The summed E-state index contributed by atoms with van der Waals surface area (Å²) in [4.78, 5) is 48.4. The second kappa shape index (κ2) is 4.45. The van der Waals surface area contributed by atoms with Crippen LogP contribution in [-0.4, -0.2) is 25.6 Å². The number of H-pyrrole nitrogens is 2. The van der Waals surface area contributed by atoms with Gasteiger partial charge in [-0.1, -0.05) is 11.3 Å². The van der Waals surface area contributed by atoms with Crippen LogP contribution in [0.25, 0.3) is 0 Å². The van der Waals surface area contributed by atoms with Crippen LogP contribution in [0.1, 0.15) is 16.1 Å². The zero-order chi connectivity index (χ0) is 13.3. The van der Waals surface area contributed by atoms with Crippen LogP contribution in [0.3, 0.4) is 0 Å². The first kappa shape index (κ1) is 12.0. The Morgan fingerprint density at radius 1 is 1.33 bits per heavy atom. The average Bonchev–Trinajstić information content (AvgIpc) is 2.67. The van der Waals surface area contributed by atoms with Crippen molar-refractivity contribution in [3.8, 4) is 0 Å². The van der Waals surface area contributed by atoms with E-state index in [0.717, 1.165) is 22.1 Å². The molecule has 0 aromatic carbocycles. The molecule has 0 bridgehead atoms. The van der Waals surface area contributed by atoms with Crippen molar-refractivity contribution in [1.82, 2.24) is 14.5 Å². The van der Waals surface area contributed by atoms with Crippen molar-refractivity contribution >= 4 is 17.3 Å². The molecule has 0 radical (unpaired) electrons. The molecule has 0 atom stereocenters. The standard InChI is InChI=1S/C9H7N3O5S/c13-6-5(7(14)15)2-12(8(16)11-6)1-4-3-18-9(17)10-4/h2-3H,1H2,(H,10,17)(H,14,15)(H,11,13,16). The molecule has 18 heavy (non-hydrogen) atoms. The van der Waals surface area contributed by atoms with Gasteiger partial charge in [0.25, 0.3) is 5.56 Å². The van der Waals surface area contributed by atoms with Gasteiger partial charge in [-0.2, -0.15) is 0 Å². The highest BCUT2D eigenvalue weighted by Crippen LogP contribution is 1.98. The Bertz CT molecular complexity index is 765. The lowest BCUT2D eigenvalue weighted by Crippen LogP contribution is -2.33. The number of rotatable bonds is 3. The van der Waals surface area contributed by atoms with Gasteiger partial charge in [-0.3, -0.25) is 19.1 Å². The summed E-state index contributed by atoms with van der Waals surface area (Å²) >= 11 is 0.928. The third-order valence-electron chi connectivity index (χ3n) is 2.15. The largest absolute Gasteiger partial charge is 0.477 e. The molecule has 0 saturated carbocycles. The summed E-state index contributed by atoms with van der Waals surface area (Å²) in [6.45, 7) is -0.0192. The van der Waals surface area contributed by atoms with Crippen molar-refractivity contribution in [1.29, 1.82) is 0 Å². The summed E-state index contributed by atoms with van der Waals surface area (Å²) in [5, 5.41) is 10.3. The fourth-order valence-electron chi connectivity index (χ4n) is 1.35. The van der Waals surface area contributed by atoms with Crippen LogP contribution < -0.4 is 16.1 Å². The lowest BCUT2D eigenvalue weighted by atomic mass is 10.3. The topological polar surface area (TPSA) is 125 Å². The van der Waals surface area contributed by atoms with Gasteiger partial charge in [-0.25, -0.2) is 9.59 Å². The van der Waals surface area contributed by atoms with Crippen molar-refractivity contribution in [2.75, 3.05) is 0 Å². The minimum Gasteiger partial charge on any atom is -0.477 e. The normalized spacial score (nSPS) is 10.4. The smallest absolute Gasteiger partial charge is 0.342 e. The summed E-state index contributed by atoms with van der Waals surface area (Å²) in [7, 11) is 0. The summed E-state index contributed by atoms with van der Waals surface area (Å²) in [5.74, 6) is -1.43. The molecule has 8 nitrogen and oxygen atoms in total. The van der Waals surface area contributed by atoms with E-state index in [1.807, 2.05) is 4.98 Å². The van der Waals surface area contributed by atoms with E-state index in [0.29, 0.717) is 5.69 Å². The van der Waals surface area contributed by atoms with Gasteiger partial charge in [-0.05, 0) is 0 Å². The number of nitrogens with one attached hydrogen (secondary N) is 2. The Kier molecular flexibility index (Phi) is 2.98. The van der Waals surface area contributed by atoms with E-state index in [1.54, 1.807) is 0 Å². The Morgan fingerprint density at radius 3 is 2.61 bits per heavy atom. The van der Waals surface area contributed by atoms with E-state index >= 15 is 0 Å². The quantitative estimate of drug-likeness (QED) is 0.661. The Balaban J connectivity index is 2.48. The van der Waals surface area contributed by atoms with E-state index in [4.69, 9.17) is 5.11 Å². The fraction of sp³-hybridized carbons (Fsp3) is 0.111. The van der Waals surface area contributed by atoms with Gasteiger partial charge in [0.1, 0.15) is 5.56 Å². The molecule has 0 aliphatic heterocycles. The number of nitrogens with zero attached hydrogens (tertiary/aromatic N) is 1. The predicted octanol–water partition coefficient (Wildman–Crippen LogP) is -0.967. The lowest BCUT2D eigenvalue weighted by molar-refractivity contribution is 0.0693. The van der Waals surface area contributed by atoms with Crippen LogP contribution in [0.4, 0.5) is 0 Å². The van der Waals surface area contributed by atoms with Gasteiger partial charge in [0.2, 0.25) is 0 Å². The molecule has 0 spiro atoms. The van der Waals surface area contributed by atoms with E-state index in [1.165, 1.54) is 5.38 Å². The minimum absolute atomic E-state index is 0.0192. The second-order valence-corrected chi connectivity index (χ2v) is 4.25. The molecular formula is C9H7N3O5S. The Hall–Kier alpha value is -2.42. The number of hydrogen-bond acceptors (Lipinski definition) is 5. The van der Waals surface area contributed by atoms with Crippen LogP contribution in [0.5, 0.6) is 0 Å². The summed E-state index contributed by atoms with van der Waals surface area (Å²) in [5.41, 5.74) is -1.78. The lowest BCUT2D eigenvalue weighted by Gasteiger charge is -2.03. The number of aromatic carboxylic acids is 1. The molecule has 2 heterocycles. The molecule has 0 amide bonds. The average molecular weight is 269 g/mol. The molecule has 9 heteroatoms. The van der Waals surface area contributed by atoms with E-state index in [2.05, 4.69) is 4.98 Å². The first-order valence-electron chi connectivity index (χ1n) is 4.71. The van der Waals surface area contributed by atoms with Crippen LogP contribution >= 0.6 is 11.3 Å². The molecule has 2 rings (SSSR count). The van der Waals surface area contributed by atoms with Crippen molar-refractivity contribution < 1.29 is 9.90 Å². The molecule has 3 N–H and O–H groups in total. The second-order valence-electron chi connectivity index (χ2n) is 3.41. The van der Waals surface area contributed by atoms with Crippen LogP contribution in [-0.2, 0) is 6.54 Å². The predicted molar refractivity (Wildman–Crippen MR) is 62.3 cm³/mol. The third kappa shape index (κ3) is 2.30. The zero-order valence-electron chi connectivity index (χ0n) is 8.80. The summed E-state index contributed by atoms with van der Waals surface area (Å²) in [6, 6.07) is 0. The zero-order valence-corrected chi connectivity index (χ0v) is 9.61. The number of aromatic amines is 2. The van der Waals surface area contributed by atoms with Crippen LogP contribution in [0, 0.1) is 0 Å². The molecular weight excluding hydrogens is 262 g/mol. The molecule has 94 valence electrons. The number of carboxylic acids is 1. The van der Waals surface area contributed by atoms with E-state index < -0.39 is 22.8 Å². The molecule has 0 aliphatic rings. The summed E-state index contributed by atoms with van der Waals surface area (Å²) < 4.78 is 1.00. The molecule has 2 aromatic rings. The van der Waals surface area contributed by atoms with Gasteiger partial charge in [-0.15, -0.1) is 0 Å². The van der Waals surface area contributed by atoms with Crippen LogP contribution in [0.2, 0.25) is 0 Å². The summed E-state index contributed by atoms with van der Waals surface area (Å²) in [6.07, 6.45) is 0.944.